The number of furan rings is 1. The predicted octanol–water partition coefficient (Wildman–Crippen LogP) is 2.31. The Hall–Kier alpha value is -2.12. The van der Waals surface area contributed by atoms with E-state index in [2.05, 4.69) is 5.32 Å². The Bertz CT molecular complexity index is 778. The first-order valence-corrected chi connectivity index (χ1v) is 8.73. The molecule has 2 aromatic heterocycles. The molecule has 0 bridgehead atoms. The Kier molecular flexibility index (Phi) is 4.73. The summed E-state index contributed by atoms with van der Waals surface area (Å²) in [5, 5.41) is 3.43. The van der Waals surface area contributed by atoms with Crippen LogP contribution in [-0.2, 0) is 24.2 Å². The van der Waals surface area contributed by atoms with Crippen molar-refractivity contribution in [1.82, 2.24) is 4.90 Å². The molecule has 3 N–H and O–H groups in total. The summed E-state index contributed by atoms with van der Waals surface area (Å²) in [6.07, 6.45) is 2.85. The summed E-state index contributed by atoms with van der Waals surface area (Å²) in [5.41, 5.74) is 7.01. The SMILES string of the molecule is Cc1ccc(CN(C)CC(=O)Nc2sc3c(c2C(N)=O)CCC3)o1. The first-order chi connectivity index (χ1) is 11.4. The zero-order valence-corrected chi connectivity index (χ0v) is 14.7. The molecule has 1 aliphatic rings. The predicted molar refractivity (Wildman–Crippen MR) is 93.3 cm³/mol. The fraction of sp³-hybridized carbons (Fsp3) is 0.412. The molecule has 7 heteroatoms. The van der Waals surface area contributed by atoms with Gasteiger partial charge in [0.25, 0.3) is 5.91 Å². The highest BCUT2D eigenvalue weighted by atomic mass is 32.1. The third-order valence-corrected chi connectivity index (χ3v) is 5.26. The molecule has 128 valence electrons. The van der Waals surface area contributed by atoms with Gasteiger partial charge in [-0.25, -0.2) is 0 Å². The summed E-state index contributed by atoms with van der Waals surface area (Å²) in [5.74, 6) is 1.03. The lowest BCUT2D eigenvalue weighted by Gasteiger charge is -2.14. The van der Waals surface area contributed by atoms with Gasteiger partial charge >= 0.3 is 0 Å². The number of thiophene rings is 1. The van der Waals surface area contributed by atoms with E-state index in [1.165, 1.54) is 16.2 Å². The summed E-state index contributed by atoms with van der Waals surface area (Å²) in [6.45, 7) is 2.64. The highest BCUT2D eigenvalue weighted by Crippen LogP contribution is 2.38. The summed E-state index contributed by atoms with van der Waals surface area (Å²) in [4.78, 5) is 27.1. The molecule has 0 spiro atoms. The molecule has 3 rings (SSSR count). The van der Waals surface area contributed by atoms with Crippen LogP contribution >= 0.6 is 11.3 Å². The van der Waals surface area contributed by atoms with Crippen molar-refractivity contribution in [3.63, 3.8) is 0 Å². The Morgan fingerprint density at radius 1 is 1.38 bits per heavy atom. The summed E-state index contributed by atoms with van der Waals surface area (Å²) in [7, 11) is 1.85. The number of likely N-dealkylation sites (N-methyl/N-ethyl adjacent to an activating group) is 1. The molecule has 0 aromatic carbocycles. The molecule has 1 aliphatic carbocycles. The topological polar surface area (TPSA) is 88.6 Å². The van der Waals surface area contributed by atoms with Gasteiger partial charge in [0.05, 0.1) is 18.7 Å². The maximum absolute atomic E-state index is 12.3. The molecule has 2 heterocycles. The van der Waals surface area contributed by atoms with Gasteiger partial charge in [0.2, 0.25) is 5.91 Å². The van der Waals surface area contributed by atoms with Crippen LogP contribution in [0.4, 0.5) is 5.00 Å². The number of anilines is 1. The van der Waals surface area contributed by atoms with Gasteiger partial charge in [-0.15, -0.1) is 11.3 Å². The van der Waals surface area contributed by atoms with E-state index in [0.717, 1.165) is 36.3 Å². The van der Waals surface area contributed by atoms with Crippen molar-refractivity contribution in [2.24, 2.45) is 5.73 Å². The van der Waals surface area contributed by atoms with Crippen LogP contribution in [0.2, 0.25) is 0 Å². The number of carbonyl (C=O) groups is 2. The van der Waals surface area contributed by atoms with Crippen LogP contribution in [0.3, 0.4) is 0 Å². The third kappa shape index (κ3) is 3.52. The van der Waals surface area contributed by atoms with E-state index in [1.54, 1.807) is 0 Å². The van der Waals surface area contributed by atoms with Crippen LogP contribution in [0.5, 0.6) is 0 Å². The molecule has 2 aromatic rings. The standard InChI is InChI=1S/C17H21N3O3S/c1-10-6-7-11(23-10)8-20(2)9-14(21)19-17-15(16(18)22)12-4-3-5-13(12)24-17/h6-7H,3-5,8-9H2,1-2H3,(H2,18,22)(H,19,21). The van der Waals surface area contributed by atoms with Crippen molar-refractivity contribution in [1.29, 1.82) is 0 Å². The van der Waals surface area contributed by atoms with Crippen molar-refractivity contribution in [3.05, 3.63) is 39.7 Å². The highest BCUT2D eigenvalue weighted by molar-refractivity contribution is 7.17. The average Bonchev–Trinajstić information content (AvgIpc) is 3.14. The smallest absolute Gasteiger partial charge is 0.251 e. The van der Waals surface area contributed by atoms with Gasteiger partial charge in [0.1, 0.15) is 16.5 Å². The van der Waals surface area contributed by atoms with Crippen LogP contribution in [0.1, 0.15) is 38.7 Å². The molecule has 0 fully saturated rings. The summed E-state index contributed by atoms with van der Waals surface area (Å²) >= 11 is 1.47. The lowest BCUT2D eigenvalue weighted by Crippen LogP contribution is -2.30. The van der Waals surface area contributed by atoms with Gasteiger partial charge < -0.3 is 15.5 Å². The van der Waals surface area contributed by atoms with Gasteiger partial charge in [-0.3, -0.25) is 14.5 Å². The molecule has 0 saturated carbocycles. The molecular formula is C17H21N3O3S. The zero-order chi connectivity index (χ0) is 17.3. The number of carbonyl (C=O) groups excluding carboxylic acids is 2. The minimum Gasteiger partial charge on any atom is -0.465 e. The normalized spacial score (nSPS) is 13.3. The first kappa shape index (κ1) is 16.7. The molecule has 0 atom stereocenters. The Labute approximate surface area is 144 Å². The lowest BCUT2D eigenvalue weighted by molar-refractivity contribution is -0.117. The molecule has 0 aliphatic heterocycles. The molecule has 2 amide bonds. The third-order valence-electron chi connectivity index (χ3n) is 4.06. The van der Waals surface area contributed by atoms with E-state index in [0.29, 0.717) is 17.1 Å². The lowest BCUT2D eigenvalue weighted by atomic mass is 10.1. The van der Waals surface area contributed by atoms with Gasteiger partial charge in [0, 0.05) is 4.88 Å². The summed E-state index contributed by atoms with van der Waals surface area (Å²) in [6, 6.07) is 3.80. The number of nitrogens with two attached hydrogens (primary N) is 1. The van der Waals surface area contributed by atoms with Gasteiger partial charge in [-0.1, -0.05) is 0 Å². The monoisotopic (exact) mass is 347 g/mol. The van der Waals surface area contributed by atoms with Crippen molar-refractivity contribution in [3.8, 4) is 0 Å². The average molecular weight is 347 g/mol. The molecule has 0 radical (unpaired) electrons. The van der Waals surface area contributed by atoms with Crippen molar-refractivity contribution >= 4 is 28.2 Å². The van der Waals surface area contributed by atoms with Crippen LogP contribution in [0.15, 0.2) is 16.5 Å². The zero-order valence-electron chi connectivity index (χ0n) is 13.8. The second-order valence-electron chi connectivity index (χ2n) is 6.16. The maximum atomic E-state index is 12.3. The van der Waals surface area contributed by atoms with Gasteiger partial charge in [-0.2, -0.15) is 0 Å². The molecular weight excluding hydrogens is 326 g/mol. The van der Waals surface area contributed by atoms with Crippen LogP contribution in [-0.4, -0.2) is 30.3 Å². The van der Waals surface area contributed by atoms with Crippen molar-refractivity contribution in [2.75, 3.05) is 18.9 Å². The number of nitrogens with zero attached hydrogens (tertiary/aromatic N) is 1. The van der Waals surface area contributed by atoms with E-state index in [9.17, 15) is 9.59 Å². The second-order valence-corrected chi connectivity index (χ2v) is 7.26. The van der Waals surface area contributed by atoms with Crippen LogP contribution in [0, 0.1) is 6.92 Å². The fourth-order valence-electron chi connectivity index (χ4n) is 3.06. The number of amides is 2. The molecule has 24 heavy (non-hydrogen) atoms. The Morgan fingerprint density at radius 2 is 2.17 bits per heavy atom. The van der Waals surface area contributed by atoms with E-state index in [1.807, 2.05) is 31.0 Å². The quantitative estimate of drug-likeness (QED) is 0.839. The van der Waals surface area contributed by atoms with E-state index in [-0.39, 0.29) is 12.5 Å². The largest absolute Gasteiger partial charge is 0.465 e. The number of rotatable bonds is 6. The van der Waals surface area contributed by atoms with Crippen molar-refractivity contribution < 1.29 is 14.0 Å². The molecule has 0 saturated heterocycles. The van der Waals surface area contributed by atoms with E-state index < -0.39 is 5.91 Å². The number of nitrogens with one attached hydrogen (secondary N) is 1. The molecule has 0 unspecified atom stereocenters. The first-order valence-electron chi connectivity index (χ1n) is 7.92. The number of primary amides is 1. The number of hydrogen-bond acceptors (Lipinski definition) is 5. The number of aryl methyl sites for hydroxylation is 2. The second kappa shape index (κ2) is 6.78. The Balaban J connectivity index is 1.64. The van der Waals surface area contributed by atoms with Crippen LogP contribution < -0.4 is 11.1 Å². The number of fused-ring (bicyclic) bond motifs is 1. The fourth-order valence-corrected chi connectivity index (χ4v) is 4.37. The van der Waals surface area contributed by atoms with Crippen LogP contribution in [0.25, 0.3) is 0 Å². The minimum atomic E-state index is -0.468. The minimum absolute atomic E-state index is 0.164. The number of hydrogen-bond donors (Lipinski definition) is 2. The summed E-state index contributed by atoms with van der Waals surface area (Å²) < 4.78 is 5.51. The molecule has 6 nitrogen and oxygen atoms in total. The van der Waals surface area contributed by atoms with Gasteiger partial charge in [0.15, 0.2) is 0 Å². The maximum Gasteiger partial charge on any atom is 0.251 e. The van der Waals surface area contributed by atoms with Crippen molar-refractivity contribution in [2.45, 2.75) is 32.7 Å². The van der Waals surface area contributed by atoms with Gasteiger partial charge in [-0.05, 0) is 50.9 Å². The van der Waals surface area contributed by atoms with E-state index in [4.69, 9.17) is 10.2 Å². The Morgan fingerprint density at radius 3 is 2.83 bits per heavy atom. The highest BCUT2D eigenvalue weighted by Gasteiger charge is 2.26. The van der Waals surface area contributed by atoms with E-state index >= 15 is 0 Å².